The molecule has 13 heteroatoms. The first kappa shape index (κ1) is 37.5. The van der Waals surface area contributed by atoms with Gasteiger partial charge in [0.15, 0.2) is 0 Å². The quantitative estimate of drug-likeness (QED) is 0.192. The van der Waals surface area contributed by atoms with Crippen molar-refractivity contribution in [2.45, 2.75) is 57.1 Å². The van der Waals surface area contributed by atoms with Gasteiger partial charge in [-0.2, -0.15) is 5.26 Å². The molecular weight excluding hydrogens is 756 g/mol. The van der Waals surface area contributed by atoms with E-state index >= 15 is 0 Å². The lowest BCUT2D eigenvalue weighted by molar-refractivity contribution is -0.136. The molecule has 4 aromatic carbocycles. The number of piperidine rings is 1. The van der Waals surface area contributed by atoms with Crippen molar-refractivity contribution in [2.75, 3.05) is 47.5 Å². The fraction of sp³-hybridized carbons (Fsp3) is 0.333. The van der Waals surface area contributed by atoms with Gasteiger partial charge in [0.2, 0.25) is 17.7 Å². The molecule has 3 saturated heterocycles. The minimum absolute atomic E-state index is 0.0464. The van der Waals surface area contributed by atoms with Crippen LogP contribution in [0.2, 0.25) is 5.02 Å². The Balaban J connectivity index is 0.759. The van der Waals surface area contributed by atoms with E-state index in [1.54, 1.807) is 35.2 Å². The van der Waals surface area contributed by atoms with Crippen LogP contribution in [0.4, 0.5) is 22.7 Å². The molecule has 294 valence electrons. The number of nitriles is 1. The van der Waals surface area contributed by atoms with Crippen LogP contribution < -0.4 is 20.0 Å². The molecule has 12 nitrogen and oxygen atoms in total. The van der Waals surface area contributed by atoms with Crippen LogP contribution in [-0.4, -0.2) is 79.4 Å². The molecule has 4 aromatic rings. The van der Waals surface area contributed by atoms with Gasteiger partial charge >= 0.3 is 0 Å². The van der Waals surface area contributed by atoms with E-state index in [1.165, 1.54) is 5.69 Å². The van der Waals surface area contributed by atoms with Gasteiger partial charge in [0.05, 0.1) is 44.6 Å². The van der Waals surface area contributed by atoms with Crippen LogP contribution in [-0.2, 0) is 24.5 Å². The molecule has 0 aliphatic carbocycles. The molecule has 0 saturated carbocycles. The molecule has 2 atom stereocenters. The number of imide groups is 2. The number of nitrogens with one attached hydrogen (secondary N) is 1. The zero-order valence-corrected chi connectivity index (χ0v) is 32.9. The SMILES string of the molecule is CC1(C)C(=O)N(c2ccc(C#N)c(Cl)c2)c2ccc(-c3ccc(N4CC(CCOC5CCN(c6ccc7c(c6)C(=O)N(C6CCC(=O)NC6=O)C7=O)C5)C4)cc3)cc21. The van der Waals surface area contributed by atoms with Crippen molar-refractivity contribution < 1.29 is 28.7 Å². The number of rotatable bonds is 9. The number of fused-ring (bicyclic) bond motifs is 2. The number of amides is 5. The Morgan fingerprint density at radius 2 is 1.53 bits per heavy atom. The first-order chi connectivity index (χ1) is 27.9. The predicted molar refractivity (Wildman–Crippen MR) is 218 cm³/mol. The fourth-order valence-corrected chi connectivity index (χ4v) is 9.11. The van der Waals surface area contributed by atoms with E-state index < -0.39 is 35.1 Å². The summed E-state index contributed by atoms with van der Waals surface area (Å²) in [4.78, 5) is 71.3. The van der Waals surface area contributed by atoms with E-state index in [-0.39, 0.29) is 36.0 Å². The number of benzene rings is 4. The molecule has 2 unspecified atom stereocenters. The van der Waals surface area contributed by atoms with Crippen LogP contribution in [0.3, 0.4) is 0 Å². The van der Waals surface area contributed by atoms with Gasteiger partial charge in [-0.05, 0) is 116 Å². The highest BCUT2D eigenvalue weighted by atomic mass is 35.5. The van der Waals surface area contributed by atoms with Crippen molar-refractivity contribution in [1.29, 1.82) is 5.26 Å². The summed E-state index contributed by atoms with van der Waals surface area (Å²) >= 11 is 6.33. The molecule has 58 heavy (non-hydrogen) atoms. The third-order valence-electron chi connectivity index (χ3n) is 12.3. The van der Waals surface area contributed by atoms with Gasteiger partial charge in [0.25, 0.3) is 11.8 Å². The van der Waals surface area contributed by atoms with E-state index in [1.807, 2.05) is 32.0 Å². The van der Waals surface area contributed by atoms with Crippen molar-refractivity contribution in [3.63, 3.8) is 0 Å². The van der Waals surface area contributed by atoms with E-state index in [0.29, 0.717) is 35.3 Å². The summed E-state index contributed by atoms with van der Waals surface area (Å²) in [5.74, 6) is -1.53. The zero-order chi connectivity index (χ0) is 40.5. The Bertz CT molecular complexity index is 2450. The van der Waals surface area contributed by atoms with Crippen molar-refractivity contribution in [2.24, 2.45) is 5.92 Å². The van der Waals surface area contributed by atoms with Crippen molar-refractivity contribution in [3.05, 3.63) is 106 Å². The molecule has 5 aliphatic heterocycles. The maximum absolute atomic E-state index is 13.7. The van der Waals surface area contributed by atoms with Gasteiger partial charge in [-0.3, -0.25) is 39.1 Å². The number of hydrogen-bond donors (Lipinski definition) is 1. The number of nitrogens with zero attached hydrogens (tertiary/aromatic N) is 5. The maximum atomic E-state index is 13.7. The fourth-order valence-electron chi connectivity index (χ4n) is 8.89. The molecule has 0 aromatic heterocycles. The normalized spacial score (nSPS) is 21.3. The number of carbonyl (C=O) groups is 5. The Kier molecular flexibility index (Phi) is 9.33. The first-order valence-corrected chi connectivity index (χ1v) is 20.1. The lowest BCUT2D eigenvalue weighted by atomic mass is 9.84. The van der Waals surface area contributed by atoms with Crippen LogP contribution in [0.15, 0.2) is 78.9 Å². The van der Waals surface area contributed by atoms with E-state index in [2.05, 4.69) is 51.5 Å². The topological polar surface area (TPSA) is 143 Å². The highest BCUT2D eigenvalue weighted by Crippen LogP contribution is 2.47. The molecule has 0 bridgehead atoms. The third kappa shape index (κ3) is 6.39. The molecule has 1 N–H and O–H groups in total. The summed E-state index contributed by atoms with van der Waals surface area (Å²) in [5.41, 5.74) is 6.69. The minimum Gasteiger partial charge on any atom is -0.376 e. The van der Waals surface area contributed by atoms with Crippen molar-refractivity contribution in [3.8, 4) is 17.2 Å². The molecular formula is C45H41ClN6O6. The number of halogens is 1. The monoisotopic (exact) mass is 796 g/mol. The standard InChI is InChI=1S/C45H41ClN6O6/c1-45(2)36-19-28(6-12-38(36)51(44(45)57)32-9-5-29(22-47)37(46)21-32)27-3-7-30(8-4-27)50-23-26(24-50)16-18-58-33-15-17-49(25-33)31-10-11-34-35(20-31)43(56)52(42(34)55)39-13-14-40(53)48-41(39)54/h3-12,19-21,26,33,39H,13-18,23-25H2,1-2H3,(H,48,53,54). The number of anilines is 4. The van der Waals surface area contributed by atoms with Gasteiger partial charge in [0, 0.05) is 50.6 Å². The number of ether oxygens (including phenoxy) is 1. The molecule has 3 fully saturated rings. The Morgan fingerprint density at radius 3 is 2.28 bits per heavy atom. The van der Waals surface area contributed by atoms with Crippen LogP contribution in [0.1, 0.15) is 71.4 Å². The molecule has 5 aliphatic rings. The molecule has 0 radical (unpaired) electrons. The number of hydrogen-bond acceptors (Lipinski definition) is 9. The van der Waals surface area contributed by atoms with Crippen molar-refractivity contribution in [1.82, 2.24) is 10.2 Å². The Morgan fingerprint density at radius 1 is 0.810 bits per heavy atom. The van der Waals surface area contributed by atoms with Crippen LogP contribution in [0.25, 0.3) is 11.1 Å². The van der Waals surface area contributed by atoms with E-state index in [4.69, 9.17) is 16.3 Å². The summed E-state index contributed by atoms with van der Waals surface area (Å²) in [6.07, 6.45) is 2.10. The van der Waals surface area contributed by atoms with Crippen LogP contribution in [0.5, 0.6) is 0 Å². The lowest BCUT2D eigenvalue weighted by Gasteiger charge is -2.41. The minimum atomic E-state index is -0.983. The molecule has 5 heterocycles. The highest BCUT2D eigenvalue weighted by Gasteiger charge is 2.46. The van der Waals surface area contributed by atoms with Crippen LogP contribution >= 0.6 is 11.6 Å². The van der Waals surface area contributed by atoms with E-state index in [9.17, 15) is 29.2 Å². The van der Waals surface area contributed by atoms with Crippen molar-refractivity contribution >= 4 is 63.9 Å². The second kappa shape index (κ2) is 14.4. The van der Waals surface area contributed by atoms with Gasteiger partial charge in [-0.25, -0.2) is 0 Å². The second-order valence-electron chi connectivity index (χ2n) is 16.3. The van der Waals surface area contributed by atoms with Gasteiger partial charge in [-0.1, -0.05) is 29.8 Å². The summed E-state index contributed by atoms with van der Waals surface area (Å²) in [6, 6.07) is 26.1. The molecule has 5 amide bonds. The second-order valence-corrected chi connectivity index (χ2v) is 16.7. The third-order valence-corrected chi connectivity index (χ3v) is 12.6. The highest BCUT2D eigenvalue weighted by molar-refractivity contribution is 6.32. The maximum Gasteiger partial charge on any atom is 0.262 e. The number of carbonyl (C=O) groups excluding carboxylic acids is 5. The average molecular weight is 797 g/mol. The largest absolute Gasteiger partial charge is 0.376 e. The zero-order valence-electron chi connectivity index (χ0n) is 32.2. The summed E-state index contributed by atoms with van der Waals surface area (Å²) < 4.78 is 6.31. The molecule has 9 rings (SSSR count). The Hall–Kier alpha value is -6.03. The van der Waals surface area contributed by atoms with Gasteiger partial charge < -0.3 is 14.5 Å². The van der Waals surface area contributed by atoms with Gasteiger partial charge in [-0.15, -0.1) is 0 Å². The van der Waals surface area contributed by atoms with E-state index in [0.717, 1.165) is 65.4 Å². The molecule has 0 spiro atoms. The Labute approximate surface area is 340 Å². The summed E-state index contributed by atoms with van der Waals surface area (Å²) in [5, 5.41) is 11.8. The first-order valence-electron chi connectivity index (χ1n) is 19.7. The predicted octanol–water partition coefficient (Wildman–Crippen LogP) is 6.36. The van der Waals surface area contributed by atoms with Crippen LogP contribution in [0, 0.1) is 17.2 Å². The van der Waals surface area contributed by atoms with Gasteiger partial charge in [0.1, 0.15) is 12.1 Å². The summed E-state index contributed by atoms with van der Waals surface area (Å²) in [6.45, 7) is 7.91. The smallest absolute Gasteiger partial charge is 0.262 e. The summed E-state index contributed by atoms with van der Waals surface area (Å²) in [7, 11) is 0. The average Bonchev–Trinajstić information content (AvgIpc) is 3.83. The lowest BCUT2D eigenvalue weighted by Crippen LogP contribution is -2.54.